The number of aryl methyl sites for hydroxylation is 1. The maximum atomic E-state index is 12.1. The van der Waals surface area contributed by atoms with Gasteiger partial charge in [-0.25, -0.2) is 14.6 Å². The Hall–Kier alpha value is -3.97. The second-order valence-corrected chi connectivity index (χ2v) is 7.76. The zero-order valence-electron chi connectivity index (χ0n) is 19.3. The topological polar surface area (TPSA) is 132 Å². The molecule has 3 rings (SSSR count). The molecule has 0 aliphatic carbocycles. The predicted molar refractivity (Wildman–Crippen MR) is 126 cm³/mol. The van der Waals surface area contributed by atoms with E-state index in [1.807, 2.05) is 26.0 Å². The van der Waals surface area contributed by atoms with E-state index in [1.165, 1.54) is 4.90 Å². The van der Waals surface area contributed by atoms with Crippen LogP contribution in [0.15, 0.2) is 30.5 Å². The average Bonchev–Trinajstić information content (AvgIpc) is 3.15. The zero-order valence-corrected chi connectivity index (χ0v) is 19.3. The molecule has 1 aromatic carbocycles. The van der Waals surface area contributed by atoms with Gasteiger partial charge in [0.25, 0.3) is 0 Å². The van der Waals surface area contributed by atoms with Gasteiger partial charge in [0, 0.05) is 44.0 Å². The van der Waals surface area contributed by atoms with Gasteiger partial charge in [-0.2, -0.15) is 10.4 Å². The Morgan fingerprint density at radius 2 is 2.09 bits per heavy atom. The Morgan fingerprint density at radius 1 is 1.30 bits per heavy atom. The lowest BCUT2D eigenvalue weighted by Gasteiger charge is -2.15. The van der Waals surface area contributed by atoms with Crippen molar-refractivity contribution < 1.29 is 9.90 Å². The van der Waals surface area contributed by atoms with Crippen molar-refractivity contribution in [3.63, 3.8) is 0 Å². The summed E-state index contributed by atoms with van der Waals surface area (Å²) >= 11 is 0. The predicted octanol–water partition coefficient (Wildman–Crippen LogP) is 2.67. The van der Waals surface area contributed by atoms with Gasteiger partial charge in [-0.1, -0.05) is 6.92 Å². The minimum Gasteiger partial charge on any atom is -0.392 e. The number of amides is 1. The van der Waals surface area contributed by atoms with Crippen molar-refractivity contribution in [1.82, 2.24) is 24.6 Å². The highest BCUT2D eigenvalue weighted by molar-refractivity contribution is 5.76. The lowest BCUT2D eigenvalue weighted by atomic mass is 10.0. The molecule has 172 valence electrons. The number of aliphatic hydroxyl groups excluding tert-OH is 1. The van der Waals surface area contributed by atoms with Crippen LogP contribution in [0.2, 0.25) is 0 Å². The summed E-state index contributed by atoms with van der Waals surface area (Å²) in [5, 5.41) is 30.2. The molecule has 1 amide bonds. The summed E-state index contributed by atoms with van der Waals surface area (Å²) in [7, 11) is 3.38. The quantitative estimate of drug-likeness (QED) is 0.455. The standard InChI is InChI=1S/C23H28N8O2/c1-5-7-25-22-17(12-24)10-16(11-18(22)14-32)19-6-8-26-23(27-19)28-20-9-15(2)29-31(20)13-21(33)30(3)4/h6,8-11,25,32H,5,7,13-14H2,1-4H3,(H,26,27,28). The van der Waals surface area contributed by atoms with E-state index >= 15 is 0 Å². The monoisotopic (exact) mass is 448 g/mol. The third-order valence-corrected chi connectivity index (χ3v) is 4.94. The highest BCUT2D eigenvalue weighted by Gasteiger charge is 2.15. The van der Waals surface area contributed by atoms with Crippen molar-refractivity contribution in [3.8, 4) is 17.3 Å². The minimum absolute atomic E-state index is 0.0838. The summed E-state index contributed by atoms with van der Waals surface area (Å²) in [6.07, 6.45) is 2.51. The number of aromatic nitrogens is 4. The van der Waals surface area contributed by atoms with Gasteiger partial charge < -0.3 is 20.6 Å². The van der Waals surface area contributed by atoms with Gasteiger partial charge in [0.1, 0.15) is 18.4 Å². The van der Waals surface area contributed by atoms with E-state index in [0.717, 1.165) is 12.1 Å². The van der Waals surface area contributed by atoms with Crippen LogP contribution in [0.4, 0.5) is 17.5 Å². The minimum atomic E-state index is -0.205. The highest BCUT2D eigenvalue weighted by atomic mass is 16.3. The van der Waals surface area contributed by atoms with E-state index in [4.69, 9.17) is 0 Å². The number of anilines is 3. The van der Waals surface area contributed by atoms with Crippen LogP contribution in [0.3, 0.4) is 0 Å². The van der Waals surface area contributed by atoms with Gasteiger partial charge in [-0.15, -0.1) is 0 Å². The molecule has 0 radical (unpaired) electrons. The van der Waals surface area contributed by atoms with Crippen molar-refractivity contribution >= 4 is 23.4 Å². The molecule has 0 fully saturated rings. The van der Waals surface area contributed by atoms with Crippen molar-refractivity contribution in [2.45, 2.75) is 33.4 Å². The Morgan fingerprint density at radius 3 is 2.76 bits per heavy atom. The summed E-state index contributed by atoms with van der Waals surface area (Å²) < 4.78 is 1.57. The van der Waals surface area contributed by atoms with Crippen LogP contribution < -0.4 is 10.6 Å². The lowest BCUT2D eigenvalue weighted by Crippen LogP contribution is -2.27. The smallest absolute Gasteiger partial charge is 0.243 e. The number of carbonyl (C=O) groups excluding carboxylic acids is 1. The van der Waals surface area contributed by atoms with Crippen LogP contribution in [-0.4, -0.2) is 56.3 Å². The summed E-state index contributed by atoms with van der Waals surface area (Å²) in [4.78, 5) is 22.5. The number of hydrogen-bond donors (Lipinski definition) is 3. The van der Waals surface area contributed by atoms with Gasteiger partial charge in [0.2, 0.25) is 11.9 Å². The number of aliphatic hydroxyl groups is 1. The van der Waals surface area contributed by atoms with E-state index < -0.39 is 0 Å². The SMILES string of the molecule is CCCNc1c(C#N)cc(-c2ccnc(Nc3cc(C)nn3CC(=O)N(C)C)n2)cc1CO. The molecule has 0 aliphatic heterocycles. The first kappa shape index (κ1) is 23.7. The summed E-state index contributed by atoms with van der Waals surface area (Å²) in [6.45, 7) is 4.45. The Bertz CT molecular complexity index is 1180. The molecule has 2 aromatic heterocycles. The van der Waals surface area contributed by atoms with Gasteiger partial charge in [0.05, 0.1) is 29.2 Å². The fourth-order valence-corrected chi connectivity index (χ4v) is 3.25. The van der Waals surface area contributed by atoms with Gasteiger partial charge in [-0.3, -0.25) is 4.79 Å². The van der Waals surface area contributed by atoms with E-state index in [9.17, 15) is 15.2 Å². The summed E-state index contributed by atoms with van der Waals surface area (Å²) in [6, 6.07) is 9.31. The number of rotatable bonds is 9. The van der Waals surface area contributed by atoms with Crippen LogP contribution in [0.1, 0.15) is 30.2 Å². The molecule has 3 aromatic rings. The molecule has 33 heavy (non-hydrogen) atoms. The number of likely N-dealkylation sites (N-methyl/N-ethyl adjacent to an activating group) is 1. The van der Waals surface area contributed by atoms with Crippen molar-refractivity contribution in [2.75, 3.05) is 31.3 Å². The molecule has 10 heteroatoms. The van der Waals surface area contributed by atoms with Crippen LogP contribution in [0.5, 0.6) is 0 Å². The molecular formula is C23H28N8O2. The first-order chi connectivity index (χ1) is 15.9. The molecule has 0 saturated heterocycles. The van der Waals surface area contributed by atoms with Crippen molar-refractivity contribution in [2.24, 2.45) is 0 Å². The second-order valence-electron chi connectivity index (χ2n) is 7.76. The molecule has 0 aliphatic rings. The number of nitriles is 1. The summed E-state index contributed by atoms with van der Waals surface area (Å²) in [5.41, 5.74) is 3.74. The largest absolute Gasteiger partial charge is 0.392 e. The maximum absolute atomic E-state index is 12.1. The van der Waals surface area contributed by atoms with Gasteiger partial charge >= 0.3 is 0 Å². The normalized spacial score (nSPS) is 10.5. The molecule has 0 spiro atoms. The molecule has 0 bridgehead atoms. The first-order valence-corrected chi connectivity index (χ1v) is 10.6. The van der Waals surface area contributed by atoms with E-state index in [2.05, 4.69) is 31.8 Å². The third-order valence-electron chi connectivity index (χ3n) is 4.94. The number of nitrogens with zero attached hydrogens (tertiary/aromatic N) is 6. The zero-order chi connectivity index (χ0) is 24.0. The summed E-state index contributed by atoms with van der Waals surface area (Å²) in [5.74, 6) is 0.823. The Kier molecular flexibility index (Phi) is 7.58. The van der Waals surface area contributed by atoms with E-state index in [-0.39, 0.29) is 19.1 Å². The fraction of sp³-hybridized carbons (Fsp3) is 0.348. The first-order valence-electron chi connectivity index (χ1n) is 10.6. The van der Waals surface area contributed by atoms with Gasteiger partial charge in [0.15, 0.2) is 0 Å². The fourth-order valence-electron chi connectivity index (χ4n) is 3.25. The molecule has 0 atom stereocenters. The maximum Gasteiger partial charge on any atom is 0.243 e. The lowest BCUT2D eigenvalue weighted by molar-refractivity contribution is -0.129. The highest BCUT2D eigenvalue weighted by Crippen LogP contribution is 2.29. The van der Waals surface area contributed by atoms with E-state index in [0.29, 0.717) is 46.4 Å². The van der Waals surface area contributed by atoms with Crippen LogP contribution in [-0.2, 0) is 17.9 Å². The molecule has 0 unspecified atom stereocenters. The molecule has 3 N–H and O–H groups in total. The van der Waals surface area contributed by atoms with Crippen LogP contribution >= 0.6 is 0 Å². The Balaban J connectivity index is 1.93. The number of hydrogen-bond acceptors (Lipinski definition) is 8. The van der Waals surface area contributed by atoms with Crippen molar-refractivity contribution in [1.29, 1.82) is 5.26 Å². The van der Waals surface area contributed by atoms with Crippen LogP contribution in [0, 0.1) is 18.3 Å². The molecule has 10 nitrogen and oxygen atoms in total. The third kappa shape index (κ3) is 5.64. The second kappa shape index (κ2) is 10.6. The van der Waals surface area contributed by atoms with Gasteiger partial charge in [-0.05, 0) is 31.5 Å². The van der Waals surface area contributed by atoms with E-state index in [1.54, 1.807) is 37.1 Å². The number of carbonyl (C=O) groups is 1. The number of benzene rings is 1. The molecular weight excluding hydrogens is 420 g/mol. The number of nitrogens with one attached hydrogen (secondary N) is 2. The van der Waals surface area contributed by atoms with Crippen LogP contribution in [0.25, 0.3) is 11.3 Å². The van der Waals surface area contributed by atoms with Crippen molar-refractivity contribution in [3.05, 3.63) is 47.3 Å². The molecule has 0 saturated carbocycles. The molecule has 2 heterocycles. The average molecular weight is 449 g/mol. The Labute approximate surface area is 192 Å².